The summed E-state index contributed by atoms with van der Waals surface area (Å²) in [5, 5.41) is 38.9. The van der Waals surface area contributed by atoms with E-state index in [1.54, 1.807) is 36.2 Å². The van der Waals surface area contributed by atoms with E-state index in [4.69, 9.17) is 47.7 Å². The first-order chi connectivity index (χ1) is 19.9. The number of likely N-dealkylation sites (tertiary alicyclic amines) is 1. The maximum absolute atomic E-state index is 13.6. The highest BCUT2D eigenvalue weighted by Crippen LogP contribution is 2.66. The van der Waals surface area contributed by atoms with E-state index in [0.717, 1.165) is 43.0 Å². The Kier molecular flexibility index (Phi) is 7.12. The van der Waals surface area contributed by atoms with Gasteiger partial charge in [-0.25, -0.2) is 9.59 Å². The fraction of sp³-hybridized carbons (Fsp3) is 0.500. The summed E-state index contributed by atoms with van der Waals surface area (Å²) >= 11 is 12.3. The molecule has 2 bridgehead atoms. The lowest BCUT2D eigenvalue weighted by Gasteiger charge is -2.64. The standard InChI is InChI=1S/C28H30Cl2N2O4.C2H2O4/c1-31(26(34)17-4-6-18(29)19(30)12-17)20-8-9-28(35)22-13-16-5-7-21(33)24-23(16)27(28,25(20)36-24)10-11-32(22)14-15-2-3-15;3-1(4)2(5)6/h4-7,12,15,20,22,25,33,35H,2-3,8-11,13-14H2,1H3;(H,3,4)(H,5,6)/t20-,22+,25-,27?,28+;/m0./s1. The van der Waals surface area contributed by atoms with Crippen LogP contribution in [0.25, 0.3) is 0 Å². The average Bonchev–Trinajstić information content (AvgIpc) is 3.69. The Morgan fingerprint density at radius 2 is 1.76 bits per heavy atom. The largest absolute Gasteiger partial charge is 0.504 e. The number of likely N-dealkylation sites (N-methyl/N-ethyl adjacent to an activating group) is 1. The Bertz CT molecular complexity index is 1470. The second-order valence-corrected chi connectivity index (χ2v) is 12.9. The van der Waals surface area contributed by atoms with Crippen LogP contribution in [0.15, 0.2) is 30.3 Å². The van der Waals surface area contributed by atoms with Gasteiger partial charge in [-0.3, -0.25) is 9.69 Å². The van der Waals surface area contributed by atoms with E-state index in [0.29, 0.717) is 34.2 Å². The number of halogens is 2. The van der Waals surface area contributed by atoms with Crippen LogP contribution in [0.3, 0.4) is 0 Å². The molecule has 1 unspecified atom stereocenters. The molecule has 0 radical (unpaired) electrons. The Balaban J connectivity index is 0.000000479. The highest BCUT2D eigenvalue weighted by atomic mass is 35.5. The molecule has 2 aromatic carbocycles. The molecule has 1 spiro atoms. The second-order valence-electron chi connectivity index (χ2n) is 12.1. The summed E-state index contributed by atoms with van der Waals surface area (Å²) in [4.78, 5) is 36.0. The summed E-state index contributed by atoms with van der Waals surface area (Å²) in [6.07, 6.45) is 4.80. The first-order valence-corrected chi connectivity index (χ1v) is 14.8. The Morgan fingerprint density at radius 3 is 2.40 bits per heavy atom. The van der Waals surface area contributed by atoms with Crippen molar-refractivity contribution in [2.75, 3.05) is 20.1 Å². The number of piperidine rings is 1. The molecule has 2 heterocycles. The predicted octanol–water partition coefficient (Wildman–Crippen LogP) is 3.56. The number of carbonyl (C=O) groups is 3. The molecule has 5 aliphatic rings. The lowest BCUT2D eigenvalue weighted by Crippen LogP contribution is -2.78. The number of hydrogen-bond acceptors (Lipinski definition) is 7. The van der Waals surface area contributed by atoms with Gasteiger partial charge >= 0.3 is 11.9 Å². The quantitative estimate of drug-likeness (QED) is 0.377. The fourth-order valence-corrected chi connectivity index (χ4v) is 8.13. The summed E-state index contributed by atoms with van der Waals surface area (Å²) < 4.78 is 6.60. The van der Waals surface area contributed by atoms with E-state index in [2.05, 4.69) is 4.90 Å². The number of rotatable bonds is 4. The molecule has 12 heteroatoms. The third-order valence-corrected chi connectivity index (χ3v) is 10.6. The van der Waals surface area contributed by atoms with Crippen LogP contribution in [0.5, 0.6) is 11.5 Å². The average molecular weight is 619 g/mol. The maximum Gasteiger partial charge on any atom is 0.414 e. The van der Waals surface area contributed by atoms with Crippen molar-refractivity contribution in [2.45, 2.75) is 67.7 Å². The Labute approximate surface area is 252 Å². The number of phenolic OH excluding ortho intramolecular Hbond substituents is 1. The van der Waals surface area contributed by atoms with Crippen molar-refractivity contribution in [3.05, 3.63) is 57.1 Å². The lowest BCUT2D eigenvalue weighted by molar-refractivity contribution is -0.197. The van der Waals surface area contributed by atoms with Gasteiger partial charge in [0, 0.05) is 30.8 Å². The van der Waals surface area contributed by atoms with Gasteiger partial charge in [-0.05, 0) is 80.8 Å². The van der Waals surface area contributed by atoms with Gasteiger partial charge < -0.3 is 30.1 Å². The third kappa shape index (κ3) is 4.34. The molecule has 3 fully saturated rings. The third-order valence-electron chi connectivity index (χ3n) is 9.90. The molecular formula is C30H32Cl2N2O8. The topological polar surface area (TPSA) is 148 Å². The number of amides is 1. The van der Waals surface area contributed by atoms with Gasteiger partial charge in [0.15, 0.2) is 11.5 Å². The number of benzene rings is 2. The van der Waals surface area contributed by atoms with Crippen molar-refractivity contribution in [1.82, 2.24) is 9.80 Å². The summed E-state index contributed by atoms with van der Waals surface area (Å²) in [5.74, 6) is -2.47. The molecule has 5 atom stereocenters. The molecule has 224 valence electrons. The number of aliphatic carboxylic acids is 2. The zero-order chi connectivity index (χ0) is 30.1. The van der Waals surface area contributed by atoms with Crippen molar-refractivity contribution in [1.29, 1.82) is 0 Å². The molecule has 1 amide bonds. The van der Waals surface area contributed by atoms with Crippen molar-refractivity contribution in [2.24, 2.45) is 5.92 Å². The number of ether oxygens (including phenoxy) is 1. The molecule has 10 nitrogen and oxygen atoms in total. The predicted molar refractivity (Wildman–Crippen MR) is 152 cm³/mol. The van der Waals surface area contributed by atoms with Crippen LogP contribution in [0.4, 0.5) is 0 Å². The first-order valence-electron chi connectivity index (χ1n) is 14.1. The summed E-state index contributed by atoms with van der Waals surface area (Å²) in [5.41, 5.74) is 0.956. The molecule has 2 aliphatic heterocycles. The Hall–Kier alpha value is -3.05. The fourth-order valence-electron chi connectivity index (χ4n) is 7.84. The van der Waals surface area contributed by atoms with Gasteiger partial charge in [0.05, 0.1) is 27.1 Å². The van der Waals surface area contributed by atoms with E-state index in [-0.39, 0.29) is 23.7 Å². The molecule has 4 N–H and O–H groups in total. The molecule has 0 aromatic heterocycles. The van der Waals surface area contributed by atoms with Crippen LogP contribution in [0, 0.1) is 5.92 Å². The van der Waals surface area contributed by atoms with Crippen molar-refractivity contribution < 1.29 is 39.5 Å². The minimum atomic E-state index is -1.82. The van der Waals surface area contributed by atoms with Crippen molar-refractivity contribution in [3.8, 4) is 11.5 Å². The van der Waals surface area contributed by atoms with Gasteiger partial charge in [-0.1, -0.05) is 29.3 Å². The van der Waals surface area contributed by atoms with E-state index in [1.807, 2.05) is 6.07 Å². The zero-order valence-electron chi connectivity index (χ0n) is 22.9. The van der Waals surface area contributed by atoms with Gasteiger partial charge in [0.1, 0.15) is 6.10 Å². The number of aliphatic hydroxyl groups is 1. The molecule has 7 rings (SSSR count). The maximum atomic E-state index is 13.6. The normalized spacial score (nSPS) is 30.3. The molecule has 1 saturated heterocycles. The van der Waals surface area contributed by atoms with Gasteiger partial charge in [-0.2, -0.15) is 0 Å². The van der Waals surface area contributed by atoms with Crippen LogP contribution in [0.2, 0.25) is 10.0 Å². The van der Waals surface area contributed by atoms with Crippen LogP contribution in [-0.2, 0) is 21.4 Å². The number of nitrogens with zero attached hydrogens (tertiary/aromatic N) is 2. The van der Waals surface area contributed by atoms with Crippen LogP contribution in [-0.4, -0.2) is 92.0 Å². The van der Waals surface area contributed by atoms with E-state index in [9.17, 15) is 15.0 Å². The number of aromatic hydroxyl groups is 1. The SMILES string of the molecule is CN(C(=O)c1ccc(Cl)c(Cl)c1)[C@H]1CC[C@@]2(O)[C@H]3Cc4ccc(O)c5c4C2(CCN3CC2CC2)[C@H]1O5.O=C(O)C(=O)O. The Morgan fingerprint density at radius 1 is 1.05 bits per heavy atom. The van der Waals surface area contributed by atoms with E-state index >= 15 is 0 Å². The number of carboxylic acid groups (broad SMARTS) is 2. The van der Waals surface area contributed by atoms with Gasteiger partial charge in [0.2, 0.25) is 0 Å². The molecule has 3 aliphatic carbocycles. The highest BCUT2D eigenvalue weighted by molar-refractivity contribution is 6.42. The molecule has 2 aromatic rings. The zero-order valence-corrected chi connectivity index (χ0v) is 24.4. The minimum Gasteiger partial charge on any atom is -0.504 e. The highest BCUT2D eigenvalue weighted by Gasteiger charge is 2.73. The van der Waals surface area contributed by atoms with Gasteiger partial charge in [0.25, 0.3) is 5.91 Å². The number of carbonyl (C=O) groups excluding carboxylic acids is 1. The molecular weight excluding hydrogens is 587 g/mol. The summed E-state index contributed by atoms with van der Waals surface area (Å²) in [6.45, 7) is 1.92. The minimum absolute atomic E-state index is 0.0120. The monoisotopic (exact) mass is 618 g/mol. The van der Waals surface area contributed by atoms with E-state index in [1.165, 1.54) is 12.8 Å². The number of carboxylic acids is 2. The van der Waals surface area contributed by atoms with Crippen molar-refractivity contribution in [3.63, 3.8) is 0 Å². The molecule has 42 heavy (non-hydrogen) atoms. The summed E-state index contributed by atoms with van der Waals surface area (Å²) in [6, 6.07) is 8.39. The summed E-state index contributed by atoms with van der Waals surface area (Å²) in [7, 11) is 1.80. The first kappa shape index (κ1) is 29.0. The number of hydrogen-bond donors (Lipinski definition) is 4. The molecule has 2 saturated carbocycles. The lowest BCUT2D eigenvalue weighted by atomic mass is 9.48. The van der Waals surface area contributed by atoms with Crippen LogP contribution >= 0.6 is 23.2 Å². The van der Waals surface area contributed by atoms with Crippen LogP contribution < -0.4 is 4.74 Å². The smallest absolute Gasteiger partial charge is 0.414 e. The van der Waals surface area contributed by atoms with Crippen molar-refractivity contribution >= 4 is 41.0 Å². The second kappa shape index (κ2) is 10.3. The van der Waals surface area contributed by atoms with Gasteiger partial charge in [-0.15, -0.1) is 0 Å². The van der Waals surface area contributed by atoms with Crippen LogP contribution in [0.1, 0.15) is 53.6 Å². The number of phenols is 1. The van der Waals surface area contributed by atoms with E-state index < -0.39 is 29.1 Å².